The number of amides is 1. The lowest BCUT2D eigenvalue weighted by Crippen LogP contribution is -2.39. The van der Waals surface area contributed by atoms with Gasteiger partial charge in [0.2, 0.25) is 5.91 Å². The highest BCUT2D eigenvalue weighted by molar-refractivity contribution is 7.90. The van der Waals surface area contributed by atoms with E-state index in [-0.39, 0.29) is 24.7 Å². The second-order valence-corrected chi connectivity index (χ2v) is 5.97. The zero-order chi connectivity index (χ0) is 12.1. The number of hydrogen-bond acceptors (Lipinski definition) is 5. The summed E-state index contributed by atoms with van der Waals surface area (Å²) >= 11 is 0. The first-order chi connectivity index (χ1) is 6.70. The molecule has 0 saturated carbocycles. The third-order valence-electron chi connectivity index (χ3n) is 1.49. The Morgan fingerprint density at radius 1 is 1.47 bits per heavy atom. The molecule has 0 bridgehead atoms. The summed E-state index contributed by atoms with van der Waals surface area (Å²) in [6, 6.07) is 0. The summed E-state index contributed by atoms with van der Waals surface area (Å²) in [7, 11) is 0.279. The Morgan fingerprint density at radius 3 is 2.40 bits per heavy atom. The number of aliphatic hydroxyl groups excluding tert-OH is 1. The largest absolute Gasteiger partial charge is 0.390 e. The molecule has 0 aromatic heterocycles. The Kier molecular flexibility index (Phi) is 5.77. The van der Waals surface area contributed by atoms with Crippen molar-refractivity contribution in [3.8, 4) is 0 Å². The molecular formula is C8H18N2O4S. The molecule has 0 fully saturated rings. The van der Waals surface area contributed by atoms with Gasteiger partial charge < -0.3 is 15.3 Å². The minimum Gasteiger partial charge on any atom is -0.390 e. The van der Waals surface area contributed by atoms with Crippen molar-refractivity contribution in [3.05, 3.63) is 0 Å². The number of sulfone groups is 1. The van der Waals surface area contributed by atoms with Crippen molar-refractivity contribution in [3.63, 3.8) is 0 Å². The first kappa shape index (κ1) is 14.3. The van der Waals surface area contributed by atoms with Gasteiger partial charge in [-0.15, -0.1) is 0 Å². The van der Waals surface area contributed by atoms with Gasteiger partial charge in [0, 0.05) is 12.8 Å². The van der Waals surface area contributed by atoms with Crippen LogP contribution in [-0.2, 0) is 14.6 Å². The standard InChI is InChI=1S/C8H18N2O4S/c1-10(2)5-8(12)9-4-7(11)6-15(3,13)14/h7,11H,4-6H2,1-3H3,(H,9,12). The molecule has 0 rings (SSSR count). The monoisotopic (exact) mass is 238 g/mol. The van der Waals surface area contributed by atoms with E-state index >= 15 is 0 Å². The van der Waals surface area contributed by atoms with Gasteiger partial charge in [-0.25, -0.2) is 8.42 Å². The normalized spacial score (nSPS) is 13.9. The van der Waals surface area contributed by atoms with Crippen LogP contribution in [0, 0.1) is 0 Å². The van der Waals surface area contributed by atoms with Crippen LogP contribution in [0.5, 0.6) is 0 Å². The Morgan fingerprint density at radius 2 is 2.00 bits per heavy atom. The summed E-state index contributed by atoms with van der Waals surface area (Å²) < 4.78 is 21.6. The fraction of sp³-hybridized carbons (Fsp3) is 0.875. The molecule has 2 N–H and O–H groups in total. The minimum atomic E-state index is -3.21. The molecule has 1 unspecified atom stereocenters. The van der Waals surface area contributed by atoms with E-state index in [1.54, 1.807) is 19.0 Å². The quantitative estimate of drug-likeness (QED) is 0.563. The molecular weight excluding hydrogens is 220 g/mol. The molecule has 0 aliphatic heterocycles. The summed E-state index contributed by atoms with van der Waals surface area (Å²) in [4.78, 5) is 12.8. The van der Waals surface area contributed by atoms with E-state index in [0.29, 0.717) is 0 Å². The van der Waals surface area contributed by atoms with E-state index in [4.69, 9.17) is 0 Å². The maximum absolute atomic E-state index is 11.1. The van der Waals surface area contributed by atoms with Gasteiger partial charge in [-0.1, -0.05) is 0 Å². The highest BCUT2D eigenvalue weighted by atomic mass is 32.2. The minimum absolute atomic E-state index is 0.0419. The average Bonchev–Trinajstić information content (AvgIpc) is 1.96. The topological polar surface area (TPSA) is 86.7 Å². The third-order valence-corrected chi connectivity index (χ3v) is 2.48. The van der Waals surface area contributed by atoms with Crippen LogP contribution in [-0.4, -0.2) is 69.6 Å². The number of nitrogens with one attached hydrogen (secondary N) is 1. The summed E-state index contributed by atoms with van der Waals surface area (Å²) in [6.07, 6.45) is -0.0104. The van der Waals surface area contributed by atoms with Crippen LogP contribution in [0.1, 0.15) is 0 Å². The second-order valence-electron chi connectivity index (χ2n) is 3.79. The molecule has 0 spiro atoms. The van der Waals surface area contributed by atoms with E-state index in [1.807, 2.05) is 0 Å². The molecule has 0 aliphatic carbocycles. The molecule has 0 aliphatic rings. The molecule has 6 nitrogen and oxygen atoms in total. The Balaban J connectivity index is 3.81. The fourth-order valence-corrected chi connectivity index (χ4v) is 1.80. The van der Waals surface area contributed by atoms with Crippen molar-refractivity contribution in [1.29, 1.82) is 0 Å². The first-order valence-electron chi connectivity index (χ1n) is 4.48. The Labute approximate surface area is 90.2 Å². The van der Waals surface area contributed by atoms with Crippen LogP contribution in [0.4, 0.5) is 0 Å². The summed E-state index contributed by atoms with van der Waals surface area (Å²) in [5.41, 5.74) is 0. The van der Waals surface area contributed by atoms with E-state index in [0.717, 1.165) is 6.26 Å². The second kappa shape index (κ2) is 6.04. The van der Waals surface area contributed by atoms with Crippen molar-refractivity contribution >= 4 is 15.7 Å². The van der Waals surface area contributed by atoms with Crippen LogP contribution in [0.2, 0.25) is 0 Å². The SMILES string of the molecule is CN(C)CC(=O)NCC(O)CS(C)(=O)=O. The maximum atomic E-state index is 11.1. The number of rotatable bonds is 6. The van der Waals surface area contributed by atoms with Crippen molar-refractivity contribution in [2.45, 2.75) is 6.10 Å². The lowest BCUT2D eigenvalue weighted by Gasteiger charge is -2.13. The van der Waals surface area contributed by atoms with Gasteiger partial charge in [-0.05, 0) is 14.1 Å². The van der Waals surface area contributed by atoms with Gasteiger partial charge in [0.15, 0.2) is 0 Å². The summed E-state index contributed by atoms with van der Waals surface area (Å²) in [5.74, 6) is -0.581. The summed E-state index contributed by atoms with van der Waals surface area (Å²) in [6.45, 7) is 0.172. The lowest BCUT2D eigenvalue weighted by molar-refractivity contribution is -0.122. The molecule has 15 heavy (non-hydrogen) atoms. The maximum Gasteiger partial charge on any atom is 0.234 e. The smallest absolute Gasteiger partial charge is 0.234 e. The van der Waals surface area contributed by atoms with Crippen molar-refractivity contribution < 1.29 is 18.3 Å². The van der Waals surface area contributed by atoms with Crippen molar-refractivity contribution in [1.82, 2.24) is 10.2 Å². The van der Waals surface area contributed by atoms with Crippen LogP contribution in [0.25, 0.3) is 0 Å². The molecule has 1 atom stereocenters. The molecule has 0 heterocycles. The van der Waals surface area contributed by atoms with Crippen LogP contribution in [0.3, 0.4) is 0 Å². The van der Waals surface area contributed by atoms with Crippen LogP contribution < -0.4 is 5.32 Å². The number of likely N-dealkylation sites (N-methyl/N-ethyl adjacent to an activating group) is 1. The van der Waals surface area contributed by atoms with E-state index < -0.39 is 15.9 Å². The third kappa shape index (κ3) is 9.64. The molecule has 7 heteroatoms. The van der Waals surface area contributed by atoms with E-state index in [2.05, 4.69) is 5.32 Å². The van der Waals surface area contributed by atoms with Gasteiger partial charge in [0.05, 0.1) is 18.4 Å². The predicted octanol–water partition coefficient (Wildman–Crippen LogP) is -1.93. The van der Waals surface area contributed by atoms with Gasteiger partial charge in [-0.3, -0.25) is 4.79 Å². The van der Waals surface area contributed by atoms with Gasteiger partial charge in [0.25, 0.3) is 0 Å². The molecule has 90 valence electrons. The first-order valence-corrected chi connectivity index (χ1v) is 6.54. The molecule has 0 saturated heterocycles. The van der Waals surface area contributed by atoms with E-state index in [9.17, 15) is 18.3 Å². The molecule has 0 radical (unpaired) electrons. The molecule has 0 aromatic carbocycles. The van der Waals surface area contributed by atoms with Crippen LogP contribution >= 0.6 is 0 Å². The number of carbonyl (C=O) groups is 1. The Bertz CT molecular complexity index is 300. The summed E-state index contributed by atoms with van der Waals surface area (Å²) in [5, 5.41) is 11.7. The fourth-order valence-electron chi connectivity index (χ4n) is 0.983. The van der Waals surface area contributed by atoms with Crippen LogP contribution in [0.15, 0.2) is 0 Å². The van der Waals surface area contributed by atoms with Gasteiger partial charge in [-0.2, -0.15) is 0 Å². The number of carbonyl (C=O) groups excluding carboxylic acids is 1. The van der Waals surface area contributed by atoms with Crippen molar-refractivity contribution in [2.75, 3.05) is 39.2 Å². The molecule has 1 amide bonds. The predicted molar refractivity (Wildman–Crippen MR) is 57.3 cm³/mol. The van der Waals surface area contributed by atoms with Gasteiger partial charge >= 0.3 is 0 Å². The van der Waals surface area contributed by atoms with Gasteiger partial charge in [0.1, 0.15) is 9.84 Å². The highest BCUT2D eigenvalue weighted by Gasteiger charge is 2.13. The Hall–Kier alpha value is -0.660. The molecule has 0 aromatic rings. The van der Waals surface area contributed by atoms with Crippen molar-refractivity contribution in [2.24, 2.45) is 0 Å². The van der Waals surface area contributed by atoms with E-state index in [1.165, 1.54) is 0 Å². The highest BCUT2D eigenvalue weighted by Crippen LogP contribution is 1.89. The number of hydrogen-bond donors (Lipinski definition) is 2. The zero-order valence-electron chi connectivity index (χ0n) is 9.23. The zero-order valence-corrected chi connectivity index (χ0v) is 10.0. The lowest BCUT2D eigenvalue weighted by atomic mass is 10.4. The number of aliphatic hydroxyl groups is 1. The average molecular weight is 238 g/mol. The number of nitrogens with zero attached hydrogens (tertiary/aromatic N) is 1.